The molecule has 0 N–H and O–H groups in total. The molecule has 5 rings (SSSR count). The third kappa shape index (κ3) is 3.19. The molecule has 2 aliphatic rings. The highest BCUT2D eigenvalue weighted by atomic mass is 16.6. The molecule has 6 heteroatoms. The lowest BCUT2D eigenvalue weighted by Gasteiger charge is -2.28. The standard InChI is InChI=1S/C25H22N2O4/c28-26(29)19-7-3-17(4-8-19)21-11-12-22(18-5-9-20(10-6-18)27(30)31)24-23(21)13-16-25(24)14-1-2-15-25/h3-12H,1-2,13-16H2. The molecule has 0 saturated heterocycles. The smallest absolute Gasteiger partial charge is 0.258 e. The van der Waals surface area contributed by atoms with Crippen molar-refractivity contribution in [3.63, 3.8) is 0 Å². The molecule has 0 atom stereocenters. The summed E-state index contributed by atoms with van der Waals surface area (Å²) in [5.41, 5.74) is 7.37. The summed E-state index contributed by atoms with van der Waals surface area (Å²) in [5.74, 6) is 0. The minimum Gasteiger partial charge on any atom is -0.258 e. The van der Waals surface area contributed by atoms with Gasteiger partial charge in [0.05, 0.1) is 9.85 Å². The third-order valence-electron chi connectivity index (χ3n) is 7.04. The van der Waals surface area contributed by atoms with Crippen LogP contribution in [0, 0.1) is 20.2 Å². The zero-order valence-electron chi connectivity index (χ0n) is 17.0. The molecule has 0 bridgehead atoms. The summed E-state index contributed by atoms with van der Waals surface area (Å²) >= 11 is 0. The van der Waals surface area contributed by atoms with Crippen molar-refractivity contribution in [1.82, 2.24) is 0 Å². The molecule has 3 aromatic rings. The van der Waals surface area contributed by atoms with Crippen molar-refractivity contribution in [1.29, 1.82) is 0 Å². The van der Waals surface area contributed by atoms with Gasteiger partial charge in [0, 0.05) is 24.3 Å². The van der Waals surface area contributed by atoms with E-state index in [1.165, 1.54) is 36.8 Å². The number of non-ortho nitro benzene ring substituents is 2. The number of benzene rings is 3. The zero-order valence-corrected chi connectivity index (χ0v) is 17.0. The molecule has 0 aromatic heterocycles. The first kappa shape index (κ1) is 19.4. The van der Waals surface area contributed by atoms with Gasteiger partial charge in [-0.1, -0.05) is 25.0 Å². The predicted molar refractivity (Wildman–Crippen MR) is 119 cm³/mol. The van der Waals surface area contributed by atoms with E-state index in [0.29, 0.717) is 0 Å². The lowest BCUT2D eigenvalue weighted by atomic mass is 9.76. The first-order valence-electron chi connectivity index (χ1n) is 10.6. The summed E-state index contributed by atoms with van der Waals surface area (Å²) < 4.78 is 0. The van der Waals surface area contributed by atoms with Gasteiger partial charge in [-0.2, -0.15) is 0 Å². The van der Waals surface area contributed by atoms with Gasteiger partial charge < -0.3 is 0 Å². The summed E-state index contributed by atoms with van der Waals surface area (Å²) in [7, 11) is 0. The first-order chi connectivity index (χ1) is 15.0. The van der Waals surface area contributed by atoms with Crippen LogP contribution in [0.25, 0.3) is 22.3 Å². The van der Waals surface area contributed by atoms with Crippen molar-refractivity contribution in [2.24, 2.45) is 0 Å². The van der Waals surface area contributed by atoms with Gasteiger partial charge in [0.2, 0.25) is 0 Å². The molecular weight excluding hydrogens is 392 g/mol. The number of nitro groups is 2. The maximum atomic E-state index is 11.1. The highest BCUT2D eigenvalue weighted by Gasteiger charge is 2.43. The minimum atomic E-state index is -0.376. The second-order valence-electron chi connectivity index (χ2n) is 8.61. The second kappa shape index (κ2) is 7.30. The van der Waals surface area contributed by atoms with Crippen LogP contribution in [0.5, 0.6) is 0 Å². The van der Waals surface area contributed by atoms with E-state index in [1.54, 1.807) is 24.3 Å². The minimum absolute atomic E-state index is 0.0927. The SMILES string of the molecule is O=[N+]([O-])c1ccc(-c2ccc(-c3ccc([N+](=O)[O-])cc3)c3c2CCC32CCCC2)cc1. The lowest BCUT2D eigenvalue weighted by Crippen LogP contribution is -2.19. The van der Waals surface area contributed by atoms with Gasteiger partial charge in [-0.05, 0) is 88.7 Å². The Labute approximate surface area is 179 Å². The Balaban J connectivity index is 1.66. The highest BCUT2D eigenvalue weighted by Crippen LogP contribution is 2.55. The molecule has 1 spiro atoms. The summed E-state index contributed by atoms with van der Waals surface area (Å²) in [6.45, 7) is 0. The summed E-state index contributed by atoms with van der Waals surface area (Å²) in [4.78, 5) is 21.4. The van der Waals surface area contributed by atoms with Gasteiger partial charge in [0.1, 0.15) is 0 Å². The van der Waals surface area contributed by atoms with E-state index in [9.17, 15) is 20.2 Å². The van der Waals surface area contributed by atoms with Crippen LogP contribution in [0.3, 0.4) is 0 Å². The number of rotatable bonds is 4. The predicted octanol–water partition coefficient (Wildman–Crippen LogP) is 6.60. The van der Waals surface area contributed by atoms with Crippen molar-refractivity contribution < 1.29 is 9.85 Å². The summed E-state index contributed by atoms with van der Waals surface area (Å²) in [6.07, 6.45) is 6.89. The number of nitrogens with zero attached hydrogens (tertiary/aromatic N) is 2. The summed E-state index contributed by atoms with van der Waals surface area (Å²) in [5, 5.41) is 22.1. The van der Waals surface area contributed by atoms with Crippen LogP contribution in [0.2, 0.25) is 0 Å². The van der Waals surface area contributed by atoms with E-state index in [2.05, 4.69) is 12.1 Å². The van der Waals surface area contributed by atoms with E-state index in [4.69, 9.17) is 0 Å². The Hall–Kier alpha value is -3.54. The number of fused-ring (bicyclic) bond motifs is 2. The van der Waals surface area contributed by atoms with E-state index in [1.807, 2.05) is 24.3 Å². The highest BCUT2D eigenvalue weighted by molar-refractivity contribution is 5.80. The number of nitro benzene ring substituents is 2. The number of hydrogen-bond donors (Lipinski definition) is 0. The van der Waals surface area contributed by atoms with Crippen LogP contribution >= 0.6 is 0 Å². The molecule has 1 saturated carbocycles. The van der Waals surface area contributed by atoms with Crippen molar-refractivity contribution in [2.45, 2.75) is 43.9 Å². The van der Waals surface area contributed by atoms with Crippen LogP contribution < -0.4 is 0 Å². The molecule has 156 valence electrons. The number of hydrogen-bond acceptors (Lipinski definition) is 4. The van der Waals surface area contributed by atoms with E-state index in [-0.39, 0.29) is 26.6 Å². The summed E-state index contributed by atoms with van der Waals surface area (Å²) in [6, 6.07) is 17.9. The maximum Gasteiger partial charge on any atom is 0.269 e. The molecule has 0 heterocycles. The molecule has 31 heavy (non-hydrogen) atoms. The normalized spacial score (nSPS) is 16.4. The molecular formula is C25H22N2O4. The molecule has 0 amide bonds. The van der Waals surface area contributed by atoms with Gasteiger partial charge in [0.15, 0.2) is 0 Å². The molecule has 0 aliphatic heterocycles. The van der Waals surface area contributed by atoms with Crippen LogP contribution in [0.15, 0.2) is 60.7 Å². The molecule has 6 nitrogen and oxygen atoms in total. The van der Waals surface area contributed by atoms with Crippen LogP contribution in [0.4, 0.5) is 11.4 Å². The van der Waals surface area contributed by atoms with E-state index >= 15 is 0 Å². The first-order valence-corrected chi connectivity index (χ1v) is 10.6. The lowest BCUT2D eigenvalue weighted by molar-refractivity contribution is -0.385. The van der Waals surface area contributed by atoms with Gasteiger partial charge in [-0.15, -0.1) is 0 Å². The van der Waals surface area contributed by atoms with Gasteiger partial charge in [-0.3, -0.25) is 20.2 Å². The average Bonchev–Trinajstić information content (AvgIpc) is 3.42. The van der Waals surface area contributed by atoms with Crippen LogP contribution in [-0.4, -0.2) is 9.85 Å². The topological polar surface area (TPSA) is 86.3 Å². The van der Waals surface area contributed by atoms with Crippen LogP contribution in [0.1, 0.15) is 43.2 Å². The Morgan fingerprint density at radius 2 is 1.13 bits per heavy atom. The molecule has 2 aliphatic carbocycles. The third-order valence-corrected chi connectivity index (χ3v) is 7.04. The molecule has 0 radical (unpaired) electrons. The van der Waals surface area contributed by atoms with Gasteiger partial charge >= 0.3 is 0 Å². The van der Waals surface area contributed by atoms with Crippen molar-refractivity contribution in [2.75, 3.05) is 0 Å². The van der Waals surface area contributed by atoms with E-state index < -0.39 is 0 Å². The molecule has 1 fully saturated rings. The Kier molecular flexibility index (Phi) is 4.58. The zero-order chi connectivity index (χ0) is 21.6. The maximum absolute atomic E-state index is 11.1. The Bertz CT molecular complexity index is 1180. The fourth-order valence-corrected chi connectivity index (χ4v) is 5.59. The molecule has 3 aromatic carbocycles. The monoisotopic (exact) mass is 414 g/mol. The van der Waals surface area contributed by atoms with Crippen molar-refractivity contribution in [3.8, 4) is 22.3 Å². The fraction of sp³-hybridized carbons (Fsp3) is 0.280. The average molecular weight is 414 g/mol. The van der Waals surface area contributed by atoms with Gasteiger partial charge in [-0.25, -0.2) is 0 Å². The van der Waals surface area contributed by atoms with Crippen LogP contribution in [-0.2, 0) is 11.8 Å². The van der Waals surface area contributed by atoms with E-state index in [0.717, 1.165) is 35.1 Å². The van der Waals surface area contributed by atoms with Gasteiger partial charge in [0.25, 0.3) is 11.4 Å². The Morgan fingerprint density at radius 1 is 0.645 bits per heavy atom. The quantitative estimate of drug-likeness (QED) is 0.356. The fourth-order valence-electron chi connectivity index (χ4n) is 5.59. The largest absolute Gasteiger partial charge is 0.269 e. The second-order valence-corrected chi connectivity index (χ2v) is 8.61. The molecule has 0 unspecified atom stereocenters. The van der Waals surface area contributed by atoms with Crippen molar-refractivity contribution in [3.05, 3.63) is 92.0 Å². The van der Waals surface area contributed by atoms with Crippen molar-refractivity contribution >= 4 is 11.4 Å². The Morgan fingerprint density at radius 3 is 1.65 bits per heavy atom.